The van der Waals surface area contributed by atoms with Gasteiger partial charge in [-0.25, -0.2) is 0 Å². The molecule has 3 aliphatic carbocycles. The molecule has 0 amide bonds. The van der Waals surface area contributed by atoms with E-state index >= 15 is 0 Å². The van der Waals surface area contributed by atoms with Gasteiger partial charge in [0.15, 0.2) is 0 Å². The number of unbranched alkanes of at least 4 members (excludes halogenated alkanes) is 1. The quantitative estimate of drug-likeness (QED) is 0.724. The predicted octanol–water partition coefficient (Wildman–Crippen LogP) is 4.00. The lowest BCUT2D eigenvalue weighted by molar-refractivity contribution is -0.0397. The molecule has 3 heteroatoms. The Bertz CT molecular complexity index is 628. The maximum Gasteiger partial charge on any atom is 0.115 e. The molecule has 0 heterocycles. The van der Waals surface area contributed by atoms with Gasteiger partial charge in [-0.15, -0.1) is 0 Å². The van der Waals surface area contributed by atoms with Crippen LogP contribution in [-0.4, -0.2) is 28.0 Å². The maximum absolute atomic E-state index is 10.6. The molecule has 0 spiro atoms. The van der Waals surface area contributed by atoms with Gasteiger partial charge in [0.2, 0.25) is 0 Å². The second kappa shape index (κ2) is 6.59. The standard InChI is InChI=1S/C22H32O3/c1-22-10-9-18-17-6-5-16(24)13-15(17)12-14(4-2-3-11-23)21(18)19(22)7-8-20(22)25/h5-6,13-14,18-21,23-25H,2-4,7-12H2,1H3/t14-,18-,19+,20+,21-,22+/m1/s1. The normalized spacial score (nSPS) is 39.6. The Morgan fingerprint density at radius 1 is 1.16 bits per heavy atom. The highest BCUT2D eigenvalue weighted by molar-refractivity contribution is 5.40. The van der Waals surface area contributed by atoms with E-state index in [0.717, 1.165) is 51.4 Å². The van der Waals surface area contributed by atoms with Crippen LogP contribution in [0.2, 0.25) is 0 Å². The van der Waals surface area contributed by atoms with Crippen molar-refractivity contribution in [2.75, 3.05) is 6.61 Å². The van der Waals surface area contributed by atoms with E-state index in [9.17, 15) is 15.3 Å². The van der Waals surface area contributed by atoms with Gasteiger partial charge in [-0.3, -0.25) is 0 Å². The average molecular weight is 344 g/mol. The number of phenols is 1. The molecule has 6 atom stereocenters. The minimum Gasteiger partial charge on any atom is -0.508 e. The van der Waals surface area contributed by atoms with Crippen molar-refractivity contribution in [3.63, 3.8) is 0 Å². The van der Waals surface area contributed by atoms with Crippen molar-refractivity contribution in [3.8, 4) is 5.75 Å². The molecule has 138 valence electrons. The molecule has 3 aliphatic rings. The number of benzene rings is 1. The molecule has 3 nitrogen and oxygen atoms in total. The summed E-state index contributed by atoms with van der Waals surface area (Å²) in [6.07, 6.45) is 8.39. The fourth-order valence-corrected chi connectivity index (χ4v) is 6.55. The number of phenolic OH excluding ortho intramolecular Hbond substituents is 1. The lowest BCUT2D eigenvalue weighted by Gasteiger charge is -2.53. The molecule has 25 heavy (non-hydrogen) atoms. The van der Waals surface area contributed by atoms with E-state index in [1.54, 1.807) is 0 Å². The molecule has 4 rings (SSSR count). The zero-order valence-corrected chi connectivity index (χ0v) is 15.3. The number of aromatic hydroxyl groups is 1. The summed E-state index contributed by atoms with van der Waals surface area (Å²) in [5.41, 5.74) is 2.87. The van der Waals surface area contributed by atoms with Crippen molar-refractivity contribution in [1.82, 2.24) is 0 Å². The van der Waals surface area contributed by atoms with Gasteiger partial charge in [0.1, 0.15) is 5.75 Å². The van der Waals surface area contributed by atoms with Crippen LogP contribution in [0.15, 0.2) is 18.2 Å². The van der Waals surface area contributed by atoms with Gasteiger partial charge in [0.05, 0.1) is 6.10 Å². The van der Waals surface area contributed by atoms with Crippen molar-refractivity contribution in [1.29, 1.82) is 0 Å². The molecule has 3 N–H and O–H groups in total. The molecule has 0 unspecified atom stereocenters. The van der Waals surface area contributed by atoms with Gasteiger partial charge in [0.25, 0.3) is 0 Å². The number of hydrogen-bond donors (Lipinski definition) is 3. The fourth-order valence-electron chi connectivity index (χ4n) is 6.55. The zero-order chi connectivity index (χ0) is 17.6. The second-order valence-electron chi connectivity index (χ2n) is 8.99. The van der Waals surface area contributed by atoms with Crippen LogP contribution in [0.5, 0.6) is 5.75 Å². The van der Waals surface area contributed by atoms with Crippen molar-refractivity contribution in [2.45, 2.75) is 70.3 Å². The first-order valence-electron chi connectivity index (χ1n) is 10.2. The van der Waals surface area contributed by atoms with E-state index < -0.39 is 0 Å². The molecule has 2 saturated carbocycles. The zero-order valence-electron chi connectivity index (χ0n) is 15.3. The van der Waals surface area contributed by atoms with Crippen LogP contribution in [-0.2, 0) is 6.42 Å². The molecule has 1 aromatic rings. The van der Waals surface area contributed by atoms with E-state index in [4.69, 9.17) is 0 Å². The van der Waals surface area contributed by atoms with Gasteiger partial charge >= 0.3 is 0 Å². The highest BCUT2D eigenvalue weighted by Gasteiger charge is 2.56. The van der Waals surface area contributed by atoms with Gasteiger partial charge in [-0.2, -0.15) is 0 Å². The minimum atomic E-state index is -0.141. The summed E-state index contributed by atoms with van der Waals surface area (Å²) in [6, 6.07) is 5.97. The Kier molecular flexibility index (Phi) is 4.57. The molecule has 2 fully saturated rings. The first kappa shape index (κ1) is 17.4. The first-order valence-corrected chi connectivity index (χ1v) is 10.2. The van der Waals surface area contributed by atoms with Crippen molar-refractivity contribution in [2.24, 2.45) is 23.2 Å². The third-order valence-electron chi connectivity index (χ3n) is 7.82. The number of hydrogen-bond acceptors (Lipinski definition) is 3. The largest absolute Gasteiger partial charge is 0.508 e. The van der Waals surface area contributed by atoms with E-state index in [-0.39, 0.29) is 18.1 Å². The Hall–Kier alpha value is -1.06. The maximum atomic E-state index is 10.6. The summed E-state index contributed by atoms with van der Waals surface area (Å²) < 4.78 is 0. The fraction of sp³-hybridized carbons (Fsp3) is 0.727. The number of fused-ring (bicyclic) bond motifs is 5. The SMILES string of the molecule is C[C@]12CC[C@@H]3c4ccc(O)cc4C[C@@H](CCCCO)[C@H]3[C@@H]1CC[C@@H]2O. The molecule has 0 radical (unpaired) electrons. The van der Waals surface area contributed by atoms with Crippen LogP contribution in [0.1, 0.15) is 68.9 Å². The molecule has 0 aliphatic heterocycles. The summed E-state index contributed by atoms with van der Waals surface area (Å²) >= 11 is 0. The van der Waals surface area contributed by atoms with Crippen molar-refractivity contribution in [3.05, 3.63) is 29.3 Å². The molecule has 1 aromatic carbocycles. The topological polar surface area (TPSA) is 60.7 Å². The van der Waals surface area contributed by atoms with Crippen LogP contribution >= 0.6 is 0 Å². The summed E-state index contributed by atoms with van der Waals surface area (Å²) in [7, 11) is 0. The third kappa shape index (κ3) is 2.80. The number of rotatable bonds is 4. The summed E-state index contributed by atoms with van der Waals surface area (Å²) in [4.78, 5) is 0. The Labute approximate surface area is 151 Å². The molecular formula is C22H32O3. The lowest BCUT2D eigenvalue weighted by atomic mass is 9.52. The molecule has 0 saturated heterocycles. The van der Waals surface area contributed by atoms with E-state index in [1.807, 2.05) is 12.1 Å². The summed E-state index contributed by atoms with van der Waals surface area (Å²) in [6.45, 7) is 2.60. The smallest absolute Gasteiger partial charge is 0.115 e. The number of aliphatic hydroxyl groups excluding tert-OH is 2. The highest BCUT2D eigenvalue weighted by Crippen LogP contribution is 2.62. The Morgan fingerprint density at radius 2 is 2.00 bits per heavy atom. The lowest BCUT2D eigenvalue weighted by Crippen LogP contribution is -2.47. The second-order valence-corrected chi connectivity index (χ2v) is 8.99. The summed E-state index contributed by atoms with van der Waals surface area (Å²) in [5.74, 6) is 2.82. The number of aliphatic hydroxyl groups is 2. The van der Waals surface area contributed by atoms with Crippen molar-refractivity contribution >= 4 is 0 Å². The Morgan fingerprint density at radius 3 is 2.80 bits per heavy atom. The van der Waals surface area contributed by atoms with Crippen LogP contribution in [0, 0.1) is 23.2 Å². The average Bonchev–Trinajstić information content (AvgIpc) is 2.90. The van der Waals surface area contributed by atoms with Gasteiger partial charge in [-0.05, 0) is 97.3 Å². The van der Waals surface area contributed by atoms with Gasteiger partial charge in [-0.1, -0.05) is 19.4 Å². The van der Waals surface area contributed by atoms with Gasteiger partial charge in [0, 0.05) is 6.61 Å². The highest BCUT2D eigenvalue weighted by atomic mass is 16.3. The monoisotopic (exact) mass is 344 g/mol. The van der Waals surface area contributed by atoms with Crippen LogP contribution in [0.25, 0.3) is 0 Å². The van der Waals surface area contributed by atoms with E-state index in [0.29, 0.717) is 29.4 Å². The Balaban J connectivity index is 1.69. The van der Waals surface area contributed by atoms with E-state index in [1.165, 1.54) is 11.1 Å². The minimum absolute atomic E-state index is 0.0881. The predicted molar refractivity (Wildman–Crippen MR) is 98.5 cm³/mol. The van der Waals surface area contributed by atoms with E-state index in [2.05, 4.69) is 13.0 Å². The molecule has 0 aromatic heterocycles. The summed E-state index contributed by atoms with van der Waals surface area (Å²) in [5, 5.41) is 29.8. The third-order valence-corrected chi connectivity index (χ3v) is 7.82. The van der Waals surface area contributed by atoms with Crippen LogP contribution in [0.3, 0.4) is 0 Å². The van der Waals surface area contributed by atoms with Gasteiger partial charge < -0.3 is 15.3 Å². The van der Waals surface area contributed by atoms with Crippen LogP contribution in [0.4, 0.5) is 0 Å². The molecular weight excluding hydrogens is 312 g/mol. The first-order chi connectivity index (χ1) is 12.0. The molecule has 0 bridgehead atoms. The van der Waals surface area contributed by atoms with Crippen molar-refractivity contribution < 1.29 is 15.3 Å². The van der Waals surface area contributed by atoms with Crippen LogP contribution < -0.4 is 0 Å².